The van der Waals surface area contributed by atoms with Crippen LogP contribution in [0.2, 0.25) is 0 Å². The molecule has 1 amide bonds. The number of nitrogens with one attached hydrogen (secondary N) is 1. The second-order valence-corrected chi connectivity index (χ2v) is 25.6. The maximum absolute atomic E-state index is 13.0. The third-order valence-corrected chi connectivity index (χ3v) is 16.3. The van der Waals surface area contributed by atoms with Gasteiger partial charge in [0, 0.05) is 6.42 Å². The van der Waals surface area contributed by atoms with Gasteiger partial charge in [0.1, 0.15) is 13.2 Å². The highest BCUT2D eigenvalue weighted by atomic mass is 31.2. The molecule has 8 nitrogen and oxygen atoms in total. The second-order valence-electron chi connectivity index (χ2n) is 24.2. The zero-order valence-corrected chi connectivity index (χ0v) is 52.4. The number of carbonyl (C=O) groups is 1. The number of quaternary nitrogens is 1. The lowest BCUT2D eigenvalue weighted by atomic mass is 10.0. The lowest BCUT2D eigenvalue weighted by molar-refractivity contribution is -0.870. The number of likely N-dealkylation sites (N-methyl/N-ethyl adjacent to an activating group) is 1. The Hall–Kier alpha value is -1.28. The highest BCUT2D eigenvalue weighted by molar-refractivity contribution is 7.45. The normalized spacial score (nSPS) is 13.9. The van der Waals surface area contributed by atoms with Crippen LogP contribution in [0.5, 0.6) is 0 Å². The molecule has 0 fully saturated rings. The third kappa shape index (κ3) is 60.4. The van der Waals surface area contributed by atoms with Gasteiger partial charge in [-0.1, -0.05) is 314 Å². The van der Waals surface area contributed by atoms with E-state index in [-0.39, 0.29) is 19.1 Å². The van der Waals surface area contributed by atoms with Crippen LogP contribution in [0.1, 0.15) is 335 Å². The first-order valence-corrected chi connectivity index (χ1v) is 34.8. The monoisotopic (exact) mass is 1090 g/mol. The number of nitrogens with zero attached hydrogens (tertiary/aromatic N) is 1. The van der Waals surface area contributed by atoms with Crippen LogP contribution < -0.4 is 10.2 Å². The van der Waals surface area contributed by atoms with Crippen LogP contribution in [0.3, 0.4) is 0 Å². The smallest absolute Gasteiger partial charge is 0.268 e. The van der Waals surface area contributed by atoms with Crippen molar-refractivity contribution in [3.05, 3.63) is 36.5 Å². The van der Waals surface area contributed by atoms with E-state index in [1.807, 2.05) is 21.1 Å². The number of rotatable bonds is 62. The zero-order chi connectivity index (χ0) is 55.6. The molecule has 450 valence electrons. The summed E-state index contributed by atoms with van der Waals surface area (Å²) in [5.41, 5.74) is 0. The van der Waals surface area contributed by atoms with Gasteiger partial charge in [-0.05, 0) is 51.4 Å². The number of unbranched alkanes of at least 4 members (excludes halogenated alkanes) is 43. The van der Waals surface area contributed by atoms with Crippen LogP contribution in [0.25, 0.3) is 0 Å². The van der Waals surface area contributed by atoms with Gasteiger partial charge in [0.2, 0.25) is 5.91 Å². The van der Waals surface area contributed by atoms with E-state index >= 15 is 0 Å². The Morgan fingerprint density at radius 1 is 0.461 bits per heavy atom. The number of aliphatic hydroxyl groups excluding tert-OH is 1. The Balaban J connectivity index is 4.04. The summed E-state index contributed by atoms with van der Waals surface area (Å²) in [6.07, 6.45) is 76.3. The lowest BCUT2D eigenvalue weighted by Crippen LogP contribution is -2.46. The van der Waals surface area contributed by atoms with Crippen LogP contribution in [0, 0.1) is 0 Å². The third-order valence-electron chi connectivity index (χ3n) is 15.4. The molecule has 0 aromatic carbocycles. The Morgan fingerprint density at radius 3 is 1.11 bits per heavy atom. The van der Waals surface area contributed by atoms with Crippen molar-refractivity contribution >= 4 is 13.7 Å². The van der Waals surface area contributed by atoms with E-state index in [4.69, 9.17) is 9.05 Å². The first-order valence-electron chi connectivity index (χ1n) is 33.3. The highest BCUT2D eigenvalue weighted by Gasteiger charge is 2.24. The van der Waals surface area contributed by atoms with Gasteiger partial charge in [-0.25, -0.2) is 0 Å². The van der Waals surface area contributed by atoms with Gasteiger partial charge >= 0.3 is 0 Å². The molecule has 0 saturated heterocycles. The molecule has 76 heavy (non-hydrogen) atoms. The number of phosphoric acid groups is 1. The molecule has 0 bridgehead atoms. The molecular formula is C67H131N2O6P. The predicted molar refractivity (Wildman–Crippen MR) is 330 cm³/mol. The molecule has 0 saturated carbocycles. The minimum absolute atomic E-state index is 0.0136. The topological polar surface area (TPSA) is 108 Å². The van der Waals surface area contributed by atoms with Gasteiger partial charge in [-0.2, -0.15) is 0 Å². The van der Waals surface area contributed by atoms with E-state index in [1.165, 1.54) is 257 Å². The van der Waals surface area contributed by atoms with Gasteiger partial charge in [0.25, 0.3) is 7.82 Å². The molecule has 0 aliphatic heterocycles. The number of phosphoric ester groups is 1. The first-order chi connectivity index (χ1) is 37.0. The number of allylic oxidation sites excluding steroid dienone is 6. The standard InChI is InChI=1S/C67H131N2O6P/c1-6-8-10-12-14-16-18-20-22-24-26-28-30-31-32-33-34-35-36-37-39-41-43-45-47-49-51-53-55-57-59-61-67(71)68-65(64-75-76(72,73)74-63-62-69(3,4)5)66(70)60-58-56-54-52-50-48-46-44-42-40-38-29-27-25-23-21-19-17-15-13-11-9-7-2/h18,20,24,26,30-31,65-66,70H,6-17,19,21-23,25,27-29,32-64H2,1-5H3,(H-,68,71,72,73)/b20-18-,26-24-,31-30-. The molecule has 0 aliphatic rings. The summed E-state index contributed by atoms with van der Waals surface area (Å²) in [5, 5.41) is 14.1. The van der Waals surface area contributed by atoms with Crippen LogP contribution in [0.15, 0.2) is 36.5 Å². The maximum Gasteiger partial charge on any atom is 0.268 e. The van der Waals surface area contributed by atoms with Gasteiger partial charge in [0.05, 0.1) is 39.9 Å². The van der Waals surface area contributed by atoms with Crippen LogP contribution >= 0.6 is 7.82 Å². The molecule has 0 radical (unpaired) electrons. The molecule has 3 atom stereocenters. The van der Waals surface area contributed by atoms with Crippen molar-refractivity contribution in [1.82, 2.24) is 5.32 Å². The minimum atomic E-state index is -4.58. The van der Waals surface area contributed by atoms with Crippen LogP contribution in [0.4, 0.5) is 0 Å². The zero-order valence-electron chi connectivity index (χ0n) is 51.5. The van der Waals surface area contributed by atoms with Gasteiger partial charge in [-0.3, -0.25) is 9.36 Å². The van der Waals surface area contributed by atoms with E-state index in [2.05, 4.69) is 55.6 Å². The summed E-state index contributed by atoms with van der Waals surface area (Å²) < 4.78 is 23.5. The van der Waals surface area contributed by atoms with Crippen molar-refractivity contribution < 1.29 is 32.9 Å². The van der Waals surface area contributed by atoms with E-state index < -0.39 is 20.0 Å². The molecule has 0 rings (SSSR count). The fourth-order valence-corrected chi connectivity index (χ4v) is 10.9. The van der Waals surface area contributed by atoms with Gasteiger partial charge in [0.15, 0.2) is 0 Å². The number of hydrogen-bond acceptors (Lipinski definition) is 6. The quantitative estimate of drug-likeness (QED) is 0.0272. The molecule has 9 heteroatoms. The molecule has 2 N–H and O–H groups in total. The number of aliphatic hydroxyl groups is 1. The van der Waals surface area contributed by atoms with E-state index in [1.54, 1.807) is 0 Å². The molecule has 0 aliphatic carbocycles. The Kier molecular flexibility index (Phi) is 57.4. The molecule has 0 spiro atoms. The fraction of sp³-hybridized carbons (Fsp3) is 0.896. The van der Waals surface area contributed by atoms with Crippen molar-refractivity contribution in [1.29, 1.82) is 0 Å². The van der Waals surface area contributed by atoms with Crippen molar-refractivity contribution in [3.63, 3.8) is 0 Å². The highest BCUT2D eigenvalue weighted by Crippen LogP contribution is 2.38. The lowest BCUT2D eigenvalue weighted by Gasteiger charge is -2.30. The maximum atomic E-state index is 13.0. The largest absolute Gasteiger partial charge is 0.756 e. The minimum Gasteiger partial charge on any atom is -0.756 e. The number of carbonyl (C=O) groups excluding carboxylic acids is 1. The fourth-order valence-electron chi connectivity index (χ4n) is 10.2. The van der Waals surface area contributed by atoms with Gasteiger partial charge in [-0.15, -0.1) is 0 Å². The summed E-state index contributed by atoms with van der Waals surface area (Å²) in [5.74, 6) is -0.159. The average molecular weight is 1090 g/mol. The van der Waals surface area contributed by atoms with Crippen LogP contribution in [-0.2, 0) is 18.4 Å². The SMILES string of the molecule is CCCCCCC/C=C\C/C=C\C/C=C\CCCCCCCCCCCCCCCCCCC(=O)NC(COP(=O)([O-])OCC[N+](C)(C)C)C(O)CCCCCCCCCCCCCCCCCCCCCCCCC. The molecule has 3 unspecified atom stereocenters. The Morgan fingerprint density at radius 2 is 0.763 bits per heavy atom. The summed E-state index contributed by atoms with van der Waals surface area (Å²) in [4.78, 5) is 25.6. The average Bonchev–Trinajstić information content (AvgIpc) is 3.38. The molecular weight excluding hydrogens is 960 g/mol. The van der Waals surface area contributed by atoms with Crippen LogP contribution in [-0.4, -0.2) is 68.5 Å². The van der Waals surface area contributed by atoms with Crippen molar-refractivity contribution in [2.24, 2.45) is 0 Å². The Bertz CT molecular complexity index is 1330. The van der Waals surface area contributed by atoms with Crippen molar-refractivity contribution in [2.45, 2.75) is 347 Å². The van der Waals surface area contributed by atoms with Gasteiger partial charge < -0.3 is 28.8 Å². The first kappa shape index (κ1) is 74.7. The van der Waals surface area contributed by atoms with E-state index in [0.717, 1.165) is 51.4 Å². The predicted octanol–water partition coefficient (Wildman–Crippen LogP) is 20.3. The summed E-state index contributed by atoms with van der Waals surface area (Å²) >= 11 is 0. The van der Waals surface area contributed by atoms with E-state index in [9.17, 15) is 19.4 Å². The molecule has 0 aromatic heterocycles. The second kappa shape index (κ2) is 58.4. The Labute approximate surface area is 474 Å². The number of amides is 1. The summed E-state index contributed by atoms with van der Waals surface area (Å²) in [6.45, 7) is 4.76. The summed E-state index contributed by atoms with van der Waals surface area (Å²) in [6, 6.07) is -0.801. The molecule has 0 aromatic rings. The van der Waals surface area contributed by atoms with E-state index in [0.29, 0.717) is 23.9 Å². The number of hydrogen-bond donors (Lipinski definition) is 2. The summed E-state index contributed by atoms with van der Waals surface area (Å²) in [7, 11) is 1.32. The van der Waals surface area contributed by atoms with Crippen molar-refractivity contribution in [2.75, 3.05) is 40.9 Å². The molecule has 0 heterocycles. The van der Waals surface area contributed by atoms with Crippen molar-refractivity contribution in [3.8, 4) is 0 Å².